The maximum absolute atomic E-state index is 6.56. The summed E-state index contributed by atoms with van der Waals surface area (Å²) in [5.74, 6) is 0. The van der Waals surface area contributed by atoms with E-state index in [0.717, 1.165) is 27.5 Å². The number of benzene rings is 8. The van der Waals surface area contributed by atoms with Crippen LogP contribution in [0, 0.1) is 0 Å². The molecule has 0 aliphatic heterocycles. The van der Waals surface area contributed by atoms with Crippen molar-refractivity contribution < 1.29 is 4.42 Å². The third-order valence-electron chi connectivity index (χ3n) is 9.26. The first-order valence-corrected chi connectivity index (χ1v) is 15.8. The molecule has 10 rings (SSSR count). The molecule has 2 heteroatoms. The Labute approximate surface area is 257 Å². The van der Waals surface area contributed by atoms with Crippen LogP contribution in [0.3, 0.4) is 0 Å². The minimum Gasteiger partial charge on any atom is -0.455 e. The number of para-hydroxylation sites is 2. The normalized spacial score (nSPS) is 12.1. The van der Waals surface area contributed by atoms with Gasteiger partial charge in [0.25, 0.3) is 0 Å². The van der Waals surface area contributed by atoms with Crippen LogP contribution >= 0.6 is 11.3 Å². The van der Waals surface area contributed by atoms with Gasteiger partial charge in [0.2, 0.25) is 0 Å². The molecule has 0 atom stereocenters. The van der Waals surface area contributed by atoms with Gasteiger partial charge in [0.1, 0.15) is 11.2 Å². The Kier molecular flexibility index (Phi) is 4.94. The Balaban J connectivity index is 1.30. The van der Waals surface area contributed by atoms with Gasteiger partial charge in [-0.1, -0.05) is 127 Å². The summed E-state index contributed by atoms with van der Waals surface area (Å²) < 4.78 is 9.24. The number of hydrogen-bond donors (Lipinski definition) is 0. The van der Waals surface area contributed by atoms with Crippen molar-refractivity contribution in [1.29, 1.82) is 0 Å². The van der Waals surface area contributed by atoms with Gasteiger partial charge >= 0.3 is 0 Å². The maximum Gasteiger partial charge on any atom is 0.143 e. The molecule has 204 valence electrons. The van der Waals surface area contributed by atoms with E-state index >= 15 is 0 Å². The van der Waals surface area contributed by atoms with Crippen molar-refractivity contribution in [3.8, 4) is 22.3 Å². The molecule has 0 aliphatic rings. The van der Waals surface area contributed by atoms with Crippen LogP contribution in [0.5, 0.6) is 0 Å². The van der Waals surface area contributed by atoms with E-state index in [-0.39, 0.29) is 0 Å². The van der Waals surface area contributed by atoms with E-state index in [4.69, 9.17) is 4.42 Å². The van der Waals surface area contributed by atoms with Crippen molar-refractivity contribution in [3.63, 3.8) is 0 Å². The second-order valence-electron chi connectivity index (χ2n) is 11.6. The molecule has 1 nitrogen and oxygen atoms in total. The van der Waals surface area contributed by atoms with Crippen molar-refractivity contribution >= 4 is 85.8 Å². The molecule has 0 amide bonds. The summed E-state index contributed by atoms with van der Waals surface area (Å²) in [6.07, 6.45) is 0. The average molecular weight is 577 g/mol. The van der Waals surface area contributed by atoms with Gasteiger partial charge in [0.05, 0.1) is 0 Å². The molecule has 0 N–H and O–H groups in total. The highest BCUT2D eigenvalue weighted by Gasteiger charge is 2.20. The fourth-order valence-corrected chi connectivity index (χ4v) is 8.55. The van der Waals surface area contributed by atoms with E-state index in [1.54, 1.807) is 0 Å². The number of thiophene rings is 1. The average Bonchev–Trinajstić information content (AvgIpc) is 3.66. The summed E-state index contributed by atoms with van der Waals surface area (Å²) in [7, 11) is 0. The van der Waals surface area contributed by atoms with Crippen LogP contribution in [0.25, 0.3) is 96.7 Å². The van der Waals surface area contributed by atoms with Crippen LogP contribution in [0.15, 0.2) is 150 Å². The van der Waals surface area contributed by atoms with E-state index in [2.05, 4.69) is 140 Å². The molecule has 8 aromatic carbocycles. The highest BCUT2D eigenvalue weighted by atomic mass is 32.1. The SMILES string of the molecule is c1ccc2c(c1)ccc1c3cc(-c4c5ccccc5c(-c5cccc6c5oc5ccccc56)c5ccccc45)ccc3sc21. The molecule has 10 aromatic rings. The first-order valence-electron chi connectivity index (χ1n) is 15.0. The molecule has 0 bridgehead atoms. The van der Waals surface area contributed by atoms with Crippen LogP contribution in [0.2, 0.25) is 0 Å². The fraction of sp³-hybridized carbons (Fsp3) is 0. The van der Waals surface area contributed by atoms with Gasteiger partial charge in [-0.3, -0.25) is 0 Å². The standard InChI is InChI=1S/C42H24OS/c1-2-11-27-25(10-1)20-22-34-36-24-26(21-23-38(36)44-42(27)34)39-29-13-3-5-15-31(29)40(32-16-6-4-14-30(32)39)35-18-9-17-33-28-12-7-8-19-37(28)43-41(33)35/h1-24H. The third-order valence-corrected chi connectivity index (χ3v) is 10.5. The summed E-state index contributed by atoms with van der Waals surface area (Å²) in [4.78, 5) is 0. The Hall–Kier alpha value is -5.44. The first-order chi connectivity index (χ1) is 21.8. The van der Waals surface area contributed by atoms with E-state index in [1.165, 1.54) is 69.2 Å². The summed E-state index contributed by atoms with van der Waals surface area (Å²) in [5, 5.41) is 12.5. The first kappa shape index (κ1) is 24.0. The molecule has 44 heavy (non-hydrogen) atoms. The van der Waals surface area contributed by atoms with Crippen LogP contribution in [0.4, 0.5) is 0 Å². The molecule has 0 unspecified atom stereocenters. The molecule has 0 spiro atoms. The van der Waals surface area contributed by atoms with E-state index in [0.29, 0.717) is 0 Å². The smallest absolute Gasteiger partial charge is 0.143 e. The molecule has 0 radical (unpaired) electrons. The molecular formula is C42H24OS. The van der Waals surface area contributed by atoms with Crippen LogP contribution in [-0.2, 0) is 0 Å². The van der Waals surface area contributed by atoms with Gasteiger partial charge in [-0.15, -0.1) is 11.3 Å². The second-order valence-corrected chi connectivity index (χ2v) is 12.7. The summed E-state index contributed by atoms with van der Waals surface area (Å²) >= 11 is 1.89. The monoisotopic (exact) mass is 576 g/mol. The van der Waals surface area contributed by atoms with Crippen molar-refractivity contribution in [3.05, 3.63) is 146 Å². The summed E-state index contributed by atoms with van der Waals surface area (Å²) in [5.41, 5.74) is 6.73. The zero-order chi connectivity index (χ0) is 28.8. The lowest BCUT2D eigenvalue weighted by molar-refractivity contribution is 0.670. The topological polar surface area (TPSA) is 13.1 Å². The van der Waals surface area contributed by atoms with Crippen molar-refractivity contribution in [2.24, 2.45) is 0 Å². The lowest BCUT2D eigenvalue weighted by atomic mass is 9.85. The Bertz CT molecular complexity index is 2720. The van der Waals surface area contributed by atoms with Gasteiger partial charge in [0, 0.05) is 42.1 Å². The number of furan rings is 1. The van der Waals surface area contributed by atoms with E-state index < -0.39 is 0 Å². The highest BCUT2D eigenvalue weighted by Crippen LogP contribution is 2.47. The Morgan fingerprint density at radius 2 is 1.05 bits per heavy atom. The third kappa shape index (κ3) is 3.29. The lowest BCUT2D eigenvalue weighted by Gasteiger charge is -2.18. The minimum absolute atomic E-state index is 0.921. The number of hydrogen-bond acceptors (Lipinski definition) is 2. The van der Waals surface area contributed by atoms with Gasteiger partial charge in [-0.2, -0.15) is 0 Å². The van der Waals surface area contributed by atoms with E-state index in [1.807, 2.05) is 17.4 Å². The van der Waals surface area contributed by atoms with Crippen molar-refractivity contribution in [2.75, 3.05) is 0 Å². The molecule has 2 aromatic heterocycles. The molecule has 2 heterocycles. The summed E-state index contributed by atoms with van der Waals surface area (Å²) in [6.45, 7) is 0. The summed E-state index contributed by atoms with van der Waals surface area (Å²) in [6, 6.07) is 52.9. The highest BCUT2D eigenvalue weighted by molar-refractivity contribution is 7.26. The molecule has 0 saturated heterocycles. The molecule has 0 fully saturated rings. The zero-order valence-electron chi connectivity index (χ0n) is 23.7. The van der Waals surface area contributed by atoms with Crippen LogP contribution < -0.4 is 0 Å². The maximum atomic E-state index is 6.56. The lowest BCUT2D eigenvalue weighted by Crippen LogP contribution is -1.91. The van der Waals surface area contributed by atoms with Crippen molar-refractivity contribution in [1.82, 2.24) is 0 Å². The minimum atomic E-state index is 0.921. The van der Waals surface area contributed by atoms with Crippen LogP contribution in [0.1, 0.15) is 0 Å². The number of fused-ring (bicyclic) bond motifs is 10. The fourth-order valence-electron chi connectivity index (χ4n) is 7.33. The zero-order valence-corrected chi connectivity index (χ0v) is 24.5. The molecular weight excluding hydrogens is 553 g/mol. The van der Waals surface area contributed by atoms with Crippen LogP contribution in [-0.4, -0.2) is 0 Å². The Morgan fingerprint density at radius 1 is 0.409 bits per heavy atom. The second kappa shape index (κ2) is 9.03. The predicted octanol–water partition coefficient (Wildman–Crippen LogP) is 12.7. The quantitative estimate of drug-likeness (QED) is 0.187. The van der Waals surface area contributed by atoms with Gasteiger partial charge in [-0.05, 0) is 61.6 Å². The van der Waals surface area contributed by atoms with Gasteiger partial charge < -0.3 is 4.42 Å². The number of rotatable bonds is 2. The van der Waals surface area contributed by atoms with Crippen molar-refractivity contribution in [2.45, 2.75) is 0 Å². The largest absolute Gasteiger partial charge is 0.455 e. The van der Waals surface area contributed by atoms with Gasteiger partial charge in [-0.25, -0.2) is 0 Å². The van der Waals surface area contributed by atoms with E-state index in [9.17, 15) is 0 Å². The molecule has 0 saturated carbocycles. The predicted molar refractivity (Wildman–Crippen MR) is 190 cm³/mol. The molecule has 0 aliphatic carbocycles. The van der Waals surface area contributed by atoms with Gasteiger partial charge in [0.15, 0.2) is 0 Å². The Morgan fingerprint density at radius 3 is 1.82 bits per heavy atom.